The minimum Gasteiger partial charge on any atom is -0.465 e. The summed E-state index contributed by atoms with van der Waals surface area (Å²) in [5.41, 5.74) is 1.16. The zero-order chi connectivity index (χ0) is 13.8. The average Bonchev–Trinajstić information content (AvgIpc) is 2.98. The van der Waals surface area contributed by atoms with E-state index in [1.807, 2.05) is 19.4 Å². The smallest absolute Gasteiger partial charge is 0.323 e. The van der Waals surface area contributed by atoms with Crippen molar-refractivity contribution in [3.05, 3.63) is 18.2 Å². The van der Waals surface area contributed by atoms with Gasteiger partial charge in [0, 0.05) is 18.8 Å². The summed E-state index contributed by atoms with van der Waals surface area (Å²) in [6.07, 6.45) is 5.70. The van der Waals surface area contributed by atoms with Crippen molar-refractivity contribution in [2.24, 2.45) is 0 Å². The third-order valence-electron chi connectivity index (χ3n) is 3.59. The summed E-state index contributed by atoms with van der Waals surface area (Å²) in [5.74, 6) is -0.0874. The molecule has 0 aliphatic carbocycles. The number of likely N-dealkylation sites (tertiary alicyclic amines) is 1. The van der Waals surface area contributed by atoms with E-state index in [1.165, 1.54) is 0 Å². The molecule has 1 unspecified atom stereocenters. The van der Waals surface area contributed by atoms with Crippen molar-refractivity contribution in [3.8, 4) is 0 Å². The Hall–Kier alpha value is -1.36. The number of carbonyl (C=O) groups is 1. The Morgan fingerprint density at radius 1 is 1.58 bits per heavy atom. The van der Waals surface area contributed by atoms with Crippen molar-refractivity contribution in [1.29, 1.82) is 0 Å². The molecule has 5 nitrogen and oxygen atoms in total. The number of ether oxygens (including phenoxy) is 1. The maximum atomic E-state index is 11.9. The van der Waals surface area contributed by atoms with E-state index < -0.39 is 0 Å². The molecule has 2 heterocycles. The molecule has 0 spiro atoms. The van der Waals surface area contributed by atoms with Crippen LogP contribution in [0.5, 0.6) is 0 Å². The molecule has 1 aromatic heterocycles. The topological polar surface area (TPSA) is 47.4 Å². The SMILES string of the molecule is CCOC(=O)C1CCCN1Cc1cncn1C(C)C. The number of carbonyl (C=O) groups excluding carboxylic acids is 1. The number of esters is 1. The van der Waals surface area contributed by atoms with Gasteiger partial charge in [0.25, 0.3) is 0 Å². The van der Waals surface area contributed by atoms with Gasteiger partial charge in [-0.25, -0.2) is 4.98 Å². The molecule has 1 aliphatic heterocycles. The van der Waals surface area contributed by atoms with E-state index in [4.69, 9.17) is 4.74 Å². The minimum absolute atomic E-state index is 0.0874. The van der Waals surface area contributed by atoms with Crippen LogP contribution in [0.3, 0.4) is 0 Å². The van der Waals surface area contributed by atoms with Crippen LogP contribution >= 0.6 is 0 Å². The van der Waals surface area contributed by atoms with Gasteiger partial charge in [0.2, 0.25) is 0 Å². The summed E-state index contributed by atoms with van der Waals surface area (Å²) < 4.78 is 7.30. The molecule has 1 saturated heterocycles. The molecule has 1 atom stereocenters. The summed E-state index contributed by atoms with van der Waals surface area (Å²) in [7, 11) is 0. The fraction of sp³-hybridized carbons (Fsp3) is 0.714. The van der Waals surface area contributed by atoms with Crippen LogP contribution in [0.25, 0.3) is 0 Å². The van der Waals surface area contributed by atoms with Crippen molar-refractivity contribution in [1.82, 2.24) is 14.5 Å². The fourth-order valence-corrected chi connectivity index (χ4v) is 2.65. The lowest BCUT2D eigenvalue weighted by molar-refractivity contribution is -0.148. The summed E-state index contributed by atoms with van der Waals surface area (Å²) in [6, 6.07) is 0.302. The van der Waals surface area contributed by atoms with Crippen LogP contribution in [0, 0.1) is 0 Å². The lowest BCUT2D eigenvalue weighted by Gasteiger charge is -2.23. The lowest BCUT2D eigenvalue weighted by atomic mass is 10.2. The fourth-order valence-electron chi connectivity index (χ4n) is 2.65. The van der Waals surface area contributed by atoms with Gasteiger partial charge >= 0.3 is 5.97 Å². The number of rotatable bonds is 5. The van der Waals surface area contributed by atoms with E-state index in [-0.39, 0.29) is 12.0 Å². The number of imidazole rings is 1. The van der Waals surface area contributed by atoms with Gasteiger partial charge in [-0.05, 0) is 40.2 Å². The zero-order valence-corrected chi connectivity index (χ0v) is 12.0. The predicted molar refractivity (Wildman–Crippen MR) is 72.7 cm³/mol. The van der Waals surface area contributed by atoms with Gasteiger partial charge in [0.05, 0.1) is 18.6 Å². The summed E-state index contributed by atoms with van der Waals surface area (Å²) in [6.45, 7) is 8.29. The first kappa shape index (κ1) is 14.1. The zero-order valence-electron chi connectivity index (χ0n) is 12.0. The molecule has 0 radical (unpaired) electrons. The highest BCUT2D eigenvalue weighted by Gasteiger charge is 2.32. The maximum Gasteiger partial charge on any atom is 0.323 e. The van der Waals surface area contributed by atoms with Gasteiger partial charge in [-0.2, -0.15) is 0 Å². The highest BCUT2D eigenvalue weighted by atomic mass is 16.5. The summed E-state index contributed by atoms with van der Waals surface area (Å²) in [4.78, 5) is 18.3. The number of nitrogens with zero attached hydrogens (tertiary/aromatic N) is 3. The number of hydrogen-bond acceptors (Lipinski definition) is 4. The Balaban J connectivity index is 2.05. The number of aromatic nitrogens is 2. The van der Waals surface area contributed by atoms with Crippen molar-refractivity contribution in [3.63, 3.8) is 0 Å². The van der Waals surface area contributed by atoms with E-state index in [0.717, 1.165) is 31.6 Å². The summed E-state index contributed by atoms with van der Waals surface area (Å²) >= 11 is 0. The van der Waals surface area contributed by atoms with Crippen LogP contribution in [0.15, 0.2) is 12.5 Å². The van der Waals surface area contributed by atoms with Gasteiger partial charge in [-0.15, -0.1) is 0 Å². The van der Waals surface area contributed by atoms with Crippen LogP contribution in [-0.2, 0) is 16.1 Å². The molecule has 1 aromatic rings. The van der Waals surface area contributed by atoms with Gasteiger partial charge in [0.1, 0.15) is 6.04 Å². The van der Waals surface area contributed by atoms with Crippen molar-refractivity contribution < 1.29 is 9.53 Å². The molecule has 0 aromatic carbocycles. The molecular formula is C14H23N3O2. The highest BCUT2D eigenvalue weighted by Crippen LogP contribution is 2.22. The lowest BCUT2D eigenvalue weighted by Crippen LogP contribution is -2.37. The van der Waals surface area contributed by atoms with Crippen LogP contribution in [0.4, 0.5) is 0 Å². The molecule has 0 N–H and O–H groups in total. The molecule has 19 heavy (non-hydrogen) atoms. The van der Waals surface area contributed by atoms with Crippen molar-refractivity contribution in [2.45, 2.75) is 52.2 Å². The van der Waals surface area contributed by atoms with E-state index >= 15 is 0 Å². The molecule has 106 valence electrons. The van der Waals surface area contributed by atoms with E-state index in [2.05, 4.69) is 28.3 Å². The monoisotopic (exact) mass is 265 g/mol. The molecular weight excluding hydrogens is 242 g/mol. The van der Waals surface area contributed by atoms with Gasteiger partial charge in [-0.3, -0.25) is 9.69 Å². The first-order valence-corrected chi connectivity index (χ1v) is 7.04. The maximum absolute atomic E-state index is 11.9. The van der Waals surface area contributed by atoms with E-state index in [9.17, 15) is 4.79 Å². The first-order chi connectivity index (χ1) is 9.13. The molecule has 0 saturated carbocycles. The average molecular weight is 265 g/mol. The summed E-state index contributed by atoms with van der Waals surface area (Å²) in [5, 5.41) is 0. The van der Waals surface area contributed by atoms with E-state index in [0.29, 0.717) is 12.6 Å². The minimum atomic E-state index is -0.0875. The Morgan fingerprint density at radius 2 is 2.37 bits per heavy atom. The third-order valence-corrected chi connectivity index (χ3v) is 3.59. The second kappa shape index (κ2) is 6.19. The third kappa shape index (κ3) is 3.15. The van der Waals surface area contributed by atoms with Crippen LogP contribution in [0.1, 0.15) is 45.3 Å². The molecule has 0 amide bonds. The molecule has 1 fully saturated rings. The van der Waals surface area contributed by atoms with Crippen LogP contribution in [-0.4, -0.2) is 39.6 Å². The quantitative estimate of drug-likeness (QED) is 0.764. The number of hydrogen-bond donors (Lipinski definition) is 0. The Bertz CT molecular complexity index is 428. The Morgan fingerprint density at radius 3 is 3.05 bits per heavy atom. The van der Waals surface area contributed by atoms with Gasteiger partial charge < -0.3 is 9.30 Å². The van der Waals surface area contributed by atoms with Crippen molar-refractivity contribution in [2.75, 3.05) is 13.2 Å². The predicted octanol–water partition coefficient (Wildman–Crippen LogP) is 1.99. The molecule has 0 bridgehead atoms. The van der Waals surface area contributed by atoms with E-state index in [1.54, 1.807) is 0 Å². The molecule has 5 heteroatoms. The first-order valence-electron chi connectivity index (χ1n) is 7.04. The van der Waals surface area contributed by atoms with Crippen LogP contribution in [0.2, 0.25) is 0 Å². The van der Waals surface area contributed by atoms with Gasteiger partial charge in [-0.1, -0.05) is 0 Å². The van der Waals surface area contributed by atoms with Crippen LogP contribution < -0.4 is 0 Å². The largest absolute Gasteiger partial charge is 0.465 e. The van der Waals surface area contributed by atoms with Crippen molar-refractivity contribution >= 4 is 5.97 Å². The Kier molecular flexibility index (Phi) is 4.58. The highest BCUT2D eigenvalue weighted by molar-refractivity contribution is 5.76. The normalized spacial score (nSPS) is 20.1. The Labute approximate surface area is 114 Å². The second-order valence-electron chi connectivity index (χ2n) is 5.27. The standard InChI is InChI=1S/C14H23N3O2/c1-4-19-14(18)13-6-5-7-16(13)9-12-8-15-10-17(12)11(2)3/h8,10-11,13H,4-7,9H2,1-3H3. The molecule has 2 rings (SSSR count). The second-order valence-corrected chi connectivity index (χ2v) is 5.27. The van der Waals surface area contributed by atoms with Gasteiger partial charge in [0.15, 0.2) is 0 Å². The molecule has 1 aliphatic rings.